The minimum absolute atomic E-state index is 0.183. The fraction of sp³-hybridized carbons (Fsp3) is 0.318. The van der Waals surface area contributed by atoms with E-state index in [-0.39, 0.29) is 18.3 Å². The summed E-state index contributed by atoms with van der Waals surface area (Å²) in [6, 6.07) is 12.7. The van der Waals surface area contributed by atoms with Crippen LogP contribution in [0.4, 0.5) is 10.1 Å². The van der Waals surface area contributed by atoms with Gasteiger partial charge in [-0.3, -0.25) is 9.69 Å². The molecule has 0 unspecified atom stereocenters. The maximum atomic E-state index is 14.3. The summed E-state index contributed by atoms with van der Waals surface area (Å²) >= 11 is 1.28. The van der Waals surface area contributed by atoms with E-state index in [9.17, 15) is 9.18 Å². The second kappa shape index (κ2) is 9.00. The fourth-order valence-electron chi connectivity index (χ4n) is 3.53. The predicted molar refractivity (Wildman–Crippen MR) is 113 cm³/mol. The summed E-state index contributed by atoms with van der Waals surface area (Å²) in [6.45, 7) is 4.46. The number of nitrogens with one attached hydrogen (secondary N) is 1. The Balaban J connectivity index is 1.50. The number of methoxy groups -OCH3 is 1. The summed E-state index contributed by atoms with van der Waals surface area (Å²) < 4.78 is 25.7. The van der Waals surface area contributed by atoms with Gasteiger partial charge in [0.2, 0.25) is 0 Å². The van der Waals surface area contributed by atoms with Gasteiger partial charge in [0.1, 0.15) is 5.82 Å². The number of benzene rings is 2. The Morgan fingerprint density at radius 1 is 1.21 bits per heavy atom. The molecule has 0 bridgehead atoms. The monoisotopic (exact) mass is 414 g/mol. The maximum Gasteiger partial charge on any atom is 0.266 e. The number of fused-ring (bicyclic) bond motifs is 1. The Morgan fingerprint density at radius 2 is 1.97 bits per heavy atom. The zero-order valence-corrected chi connectivity index (χ0v) is 17.1. The zero-order chi connectivity index (χ0) is 20.2. The highest BCUT2D eigenvalue weighted by Gasteiger charge is 2.21. The van der Waals surface area contributed by atoms with E-state index in [0.29, 0.717) is 21.5 Å². The van der Waals surface area contributed by atoms with E-state index in [4.69, 9.17) is 9.47 Å². The summed E-state index contributed by atoms with van der Waals surface area (Å²) in [4.78, 5) is 15.7. The van der Waals surface area contributed by atoms with Crippen molar-refractivity contribution in [2.75, 3.05) is 38.7 Å². The largest absolute Gasteiger partial charge is 0.380 e. The van der Waals surface area contributed by atoms with Crippen molar-refractivity contribution in [3.63, 3.8) is 0 Å². The quantitative estimate of drug-likeness (QED) is 0.654. The van der Waals surface area contributed by atoms with Crippen LogP contribution in [0.25, 0.3) is 10.1 Å². The normalized spacial score (nSPS) is 15.0. The first-order valence-electron chi connectivity index (χ1n) is 9.55. The third kappa shape index (κ3) is 4.48. The number of amides is 1. The molecule has 0 atom stereocenters. The molecule has 1 N–H and O–H groups in total. The molecule has 3 aromatic rings. The van der Waals surface area contributed by atoms with Crippen molar-refractivity contribution in [1.29, 1.82) is 0 Å². The van der Waals surface area contributed by atoms with Gasteiger partial charge in [-0.25, -0.2) is 4.39 Å². The van der Waals surface area contributed by atoms with Crippen molar-refractivity contribution < 1.29 is 18.7 Å². The van der Waals surface area contributed by atoms with Crippen molar-refractivity contribution in [1.82, 2.24) is 4.90 Å². The standard InChI is InChI=1S/C22H23FN2O3S/c1-27-14-17-20-18(23)3-2-4-19(20)29-21(17)22(26)24-16-7-5-15(6-8-16)13-25-9-11-28-12-10-25/h2-8H,9-14H2,1H3,(H,24,26). The average Bonchev–Trinajstić information content (AvgIpc) is 3.11. The minimum Gasteiger partial charge on any atom is -0.380 e. The van der Waals surface area contributed by atoms with Crippen molar-refractivity contribution in [3.05, 3.63) is 64.3 Å². The summed E-state index contributed by atoms with van der Waals surface area (Å²) in [7, 11) is 1.54. The predicted octanol–water partition coefficient (Wildman–Crippen LogP) is 4.27. The molecule has 0 aliphatic carbocycles. The lowest BCUT2D eigenvalue weighted by Crippen LogP contribution is -2.35. The first kappa shape index (κ1) is 20.0. The number of anilines is 1. The van der Waals surface area contributed by atoms with E-state index in [2.05, 4.69) is 10.2 Å². The molecule has 4 rings (SSSR count). The molecule has 2 aromatic carbocycles. The Bertz CT molecular complexity index is 997. The van der Waals surface area contributed by atoms with Gasteiger partial charge in [-0.15, -0.1) is 11.3 Å². The molecule has 5 nitrogen and oxygen atoms in total. The molecule has 1 saturated heterocycles. The van der Waals surface area contributed by atoms with Crippen LogP contribution in [0.15, 0.2) is 42.5 Å². The molecule has 7 heteroatoms. The van der Waals surface area contributed by atoms with Gasteiger partial charge in [-0.05, 0) is 29.8 Å². The SMILES string of the molecule is COCc1c(C(=O)Nc2ccc(CN3CCOCC3)cc2)sc2cccc(F)c12. The molecule has 1 fully saturated rings. The van der Waals surface area contributed by atoms with Crippen LogP contribution in [0.1, 0.15) is 20.8 Å². The number of halogens is 1. The van der Waals surface area contributed by atoms with Crippen molar-refractivity contribution >= 4 is 33.0 Å². The van der Waals surface area contributed by atoms with E-state index < -0.39 is 0 Å². The second-order valence-corrected chi connectivity index (χ2v) is 8.05. The maximum absolute atomic E-state index is 14.3. The summed E-state index contributed by atoms with van der Waals surface area (Å²) in [6.07, 6.45) is 0. The Hall–Kier alpha value is -2.32. The number of hydrogen-bond donors (Lipinski definition) is 1. The van der Waals surface area contributed by atoms with Crippen LogP contribution in [0.5, 0.6) is 0 Å². The fourth-order valence-corrected chi connectivity index (χ4v) is 4.65. The lowest BCUT2D eigenvalue weighted by molar-refractivity contribution is 0.0342. The number of rotatable bonds is 6. The van der Waals surface area contributed by atoms with Crippen LogP contribution in [0, 0.1) is 5.82 Å². The summed E-state index contributed by atoms with van der Waals surface area (Å²) in [5.41, 5.74) is 2.49. The average molecular weight is 415 g/mol. The first-order chi connectivity index (χ1) is 14.2. The first-order valence-corrected chi connectivity index (χ1v) is 10.4. The highest BCUT2D eigenvalue weighted by atomic mass is 32.1. The molecule has 1 aromatic heterocycles. The van der Waals surface area contributed by atoms with E-state index in [1.165, 1.54) is 23.0 Å². The second-order valence-electron chi connectivity index (χ2n) is 7.00. The van der Waals surface area contributed by atoms with Crippen LogP contribution in [0.2, 0.25) is 0 Å². The van der Waals surface area contributed by atoms with Crippen molar-refractivity contribution in [2.24, 2.45) is 0 Å². The molecule has 29 heavy (non-hydrogen) atoms. The van der Waals surface area contributed by atoms with Crippen LogP contribution in [-0.4, -0.2) is 44.2 Å². The molecule has 152 valence electrons. The molecule has 2 heterocycles. The van der Waals surface area contributed by atoms with E-state index in [1.54, 1.807) is 13.2 Å². The highest BCUT2D eigenvalue weighted by Crippen LogP contribution is 2.34. The third-order valence-corrected chi connectivity index (χ3v) is 6.18. The van der Waals surface area contributed by atoms with Gasteiger partial charge >= 0.3 is 0 Å². The minimum atomic E-state index is -0.336. The molecule has 1 aliphatic heterocycles. The number of thiophene rings is 1. The lowest BCUT2D eigenvalue weighted by atomic mass is 10.1. The topological polar surface area (TPSA) is 50.8 Å². The van der Waals surface area contributed by atoms with Gasteiger partial charge in [0, 0.05) is 48.1 Å². The van der Waals surface area contributed by atoms with Crippen LogP contribution < -0.4 is 5.32 Å². The van der Waals surface area contributed by atoms with Crippen LogP contribution >= 0.6 is 11.3 Å². The van der Waals surface area contributed by atoms with Gasteiger partial charge in [-0.1, -0.05) is 18.2 Å². The summed E-state index contributed by atoms with van der Waals surface area (Å²) in [5, 5.41) is 3.39. The number of carbonyl (C=O) groups is 1. The number of morpholine rings is 1. The van der Waals surface area contributed by atoms with E-state index >= 15 is 0 Å². The van der Waals surface area contributed by atoms with E-state index in [0.717, 1.165) is 37.5 Å². The Labute approximate surface area is 173 Å². The number of nitrogens with zero attached hydrogens (tertiary/aromatic N) is 1. The molecule has 0 radical (unpaired) electrons. The number of carbonyl (C=O) groups excluding carboxylic acids is 1. The van der Waals surface area contributed by atoms with E-state index in [1.807, 2.05) is 30.3 Å². The molecule has 1 amide bonds. The Morgan fingerprint density at radius 3 is 2.69 bits per heavy atom. The smallest absolute Gasteiger partial charge is 0.266 e. The van der Waals surface area contributed by atoms with Gasteiger partial charge in [0.15, 0.2) is 0 Å². The molecule has 0 spiro atoms. The van der Waals surface area contributed by atoms with Gasteiger partial charge in [-0.2, -0.15) is 0 Å². The van der Waals surface area contributed by atoms with Gasteiger partial charge in [0.05, 0.1) is 24.7 Å². The molecular formula is C22H23FN2O3S. The van der Waals surface area contributed by atoms with Crippen molar-refractivity contribution in [2.45, 2.75) is 13.2 Å². The van der Waals surface area contributed by atoms with Gasteiger partial charge in [0.25, 0.3) is 5.91 Å². The molecule has 1 aliphatic rings. The highest BCUT2D eigenvalue weighted by molar-refractivity contribution is 7.21. The van der Waals surface area contributed by atoms with Crippen LogP contribution in [0.3, 0.4) is 0 Å². The molecular weight excluding hydrogens is 391 g/mol. The third-order valence-electron chi connectivity index (χ3n) is 4.98. The van der Waals surface area contributed by atoms with Crippen LogP contribution in [-0.2, 0) is 22.6 Å². The number of hydrogen-bond acceptors (Lipinski definition) is 5. The lowest BCUT2D eigenvalue weighted by Gasteiger charge is -2.26. The number of ether oxygens (including phenoxy) is 2. The zero-order valence-electron chi connectivity index (χ0n) is 16.2. The molecule has 0 saturated carbocycles. The Kier molecular flexibility index (Phi) is 6.20. The summed E-state index contributed by atoms with van der Waals surface area (Å²) in [5.74, 6) is -0.587. The van der Waals surface area contributed by atoms with Crippen molar-refractivity contribution in [3.8, 4) is 0 Å². The van der Waals surface area contributed by atoms with Gasteiger partial charge < -0.3 is 14.8 Å².